The average molecular weight is 312 g/mol. The van der Waals surface area contributed by atoms with Crippen molar-refractivity contribution in [2.24, 2.45) is 0 Å². The summed E-state index contributed by atoms with van der Waals surface area (Å²) in [5, 5.41) is 22.6. The first-order chi connectivity index (χ1) is 10.1. The number of carboxylic acid groups (broad SMARTS) is 1. The number of aliphatic carboxylic acids is 1. The number of thiophene rings is 1. The van der Waals surface area contributed by atoms with Crippen LogP contribution in [0.2, 0.25) is 0 Å². The fraction of sp³-hybridized carbons (Fsp3) is 0.571. The number of nitrogens with one attached hydrogen (secondary N) is 1. The van der Waals surface area contributed by atoms with Crippen LogP contribution in [-0.2, 0) is 4.79 Å². The second-order valence-corrected chi connectivity index (χ2v) is 6.07. The standard InChI is InChI=1S/C14H20N2O4S/c17-8-2-5-10-4-1-7-16(10)14(20)15-12(13(18)19)11-6-3-9-21-11/h3,6,9-10,12,17H,1-2,4-5,7-8H2,(H,15,20)(H,18,19). The van der Waals surface area contributed by atoms with E-state index in [-0.39, 0.29) is 18.7 Å². The molecule has 2 amide bonds. The number of aliphatic hydroxyl groups excluding tert-OH is 1. The smallest absolute Gasteiger partial charge is 0.331 e. The van der Waals surface area contributed by atoms with Gasteiger partial charge in [0.1, 0.15) is 0 Å². The lowest BCUT2D eigenvalue weighted by Crippen LogP contribution is -2.45. The van der Waals surface area contributed by atoms with Crippen LogP contribution in [0.15, 0.2) is 17.5 Å². The summed E-state index contributed by atoms with van der Waals surface area (Å²) in [4.78, 5) is 26.0. The van der Waals surface area contributed by atoms with E-state index in [0.717, 1.165) is 19.3 Å². The van der Waals surface area contributed by atoms with Gasteiger partial charge in [0, 0.05) is 24.1 Å². The van der Waals surface area contributed by atoms with Crippen molar-refractivity contribution >= 4 is 23.3 Å². The third kappa shape index (κ3) is 3.95. The van der Waals surface area contributed by atoms with Gasteiger partial charge in [-0.3, -0.25) is 0 Å². The van der Waals surface area contributed by atoms with Gasteiger partial charge in [-0.15, -0.1) is 11.3 Å². The lowest BCUT2D eigenvalue weighted by atomic mass is 10.1. The molecule has 0 bridgehead atoms. The molecular weight excluding hydrogens is 292 g/mol. The van der Waals surface area contributed by atoms with Gasteiger partial charge in [-0.2, -0.15) is 0 Å². The summed E-state index contributed by atoms with van der Waals surface area (Å²) in [6.07, 6.45) is 3.23. The molecule has 0 aliphatic carbocycles. The van der Waals surface area contributed by atoms with E-state index < -0.39 is 12.0 Å². The van der Waals surface area contributed by atoms with Gasteiger partial charge in [-0.05, 0) is 37.1 Å². The van der Waals surface area contributed by atoms with Crippen molar-refractivity contribution in [3.8, 4) is 0 Å². The molecule has 116 valence electrons. The summed E-state index contributed by atoms with van der Waals surface area (Å²) >= 11 is 1.31. The molecule has 0 spiro atoms. The first-order valence-electron chi connectivity index (χ1n) is 7.07. The van der Waals surface area contributed by atoms with Crippen LogP contribution in [-0.4, -0.2) is 46.3 Å². The molecule has 2 heterocycles. The lowest BCUT2D eigenvalue weighted by Gasteiger charge is -2.26. The van der Waals surface area contributed by atoms with E-state index in [1.54, 1.807) is 22.4 Å². The molecule has 0 aromatic carbocycles. The highest BCUT2D eigenvalue weighted by atomic mass is 32.1. The molecule has 0 radical (unpaired) electrons. The zero-order valence-electron chi connectivity index (χ0n) is 11.7. The predicted octanol–water partition coefficient (Wildman–Crippen LogP) is 1.82. The number of carbonyl (C=O) groups excluding carboxylic acids is 1. The first kappa shape index (κ1) is 15.8. The maximum absolute atomic E-state index is 12.3. The van der Waals surface area contributed by atoms with E-state index in [1.165, 1.54) is 11.3 Å². The summed E-state index contributed by atoms with van der Waals surface area (Å²) in [6.45, 7) is 0.748. The topological polar surface area (TPSA) is 89.9 Å². The van der Waals surface area contributed by atoms with E-state index in [0.29, 0.717) is 17.8 Å². The predicted molar refractivity (Wildman–Crippen MR) is 79.3 cm³/mol. The second kappa shape index (κ2) is 7.42. The molecule has 1 saturated heterocycles. The van der Waals surface area contributed by atoms with Crippen molar-refractivity contribution < 1.29 is 19.8 Å². The SMILES string of the molecule is O=C(O)C(NC(=O)N1CCCC1CCCO)c1cccs1. The number of urea groups is 1. The van der Waals surface area contributed by atoms with E-state index in [1.807, 2.05) is 0 Å². The van der Waals surface area contributed by atoms with Crippen LogP contribution < -0.4 is 5.32 Å². The van der Waals surface area contributed by atoms with Crippen LogP contribution in [0.5, 0.6) is 0 Å². The Morgan fingerprint density at radius 2 is 2.33 bits per heavy atom. The third-order valence-corrected chi connectivity index (χ3v) is 4.61. The zero-order valence-corrected chi connectivity index (χ0v) is 12.5. The molecule has 3 N–H and O–H groups in total. The summed E-state index contributed by atoms with van der Waals surface area (Å²) in [5.41, 5.74) is 0. The average Bonchev–Trinajstić information content (AvgIpc) is 3.12. The quantitative estimate of drug-likeness (QED) is 0.747. The van der Waals surface area contributed by atoms with Crippen molar-refractivity contribution in [2.75, 3.05) is 13.2 Å². The Kier molecular flexibility index (Phi) is 5.58. The molecule has 1 aromatic heterocycles. The molecule has 1 aromatic rings. The summed E-state index contributed by atoms with van der Waals surface area (Å²) in [7, 11) is 0. The van der Waals surface area contributed by atoms with Crippen LogP contribution in [0.3, 0.4) is 0 Å². The van der Waals surface area contributed by atoms with Gasteiger partial charge in [-0.1, -0.05) is 6.07 Å². The molecule has 2 unspecified atom stereocenters. The van der Waals surface area contributed by atoms with Gasteiger partial charge in [-0.25, -0.2) is 9.59 Å². The van der Waals surface area contributed by atoms with Crippen LogP contribution >= 0.6 is 11.3 Å². The molecule has 6 nitrogen and oxygen atoms in total. The Morgan fingerprint density at radius 3 is 2.95 bits per heavy atom. The Hall–Kier alpha value is -1.60. The highest BCUT2D eigenvalue weighted by molar-refractivity contribution is 7.10. The van der Waals surface area contributed by atoms with Crippen molar-refractivity contribution in [1.82, 2.24) is 10.2 Å². The van der Waals surface area contributed by atoms with Gasteiger partial charge < -0.3 is 20.4 Å². The molecule has 1 aliphatic heterocycles. The van der Waals surface area contributed by atoms with E-state index in [9.17, 15) is 14.7 Å². The van der Waals surface area contributed by atoms with E-state index in [4.69, 9.17) is 5.11 Å². The van der Waals surface area contributed by atoms with Gasteiger partial charge in [0.05, 0.1) is 0 Å². The van der Waals surface area contributed by atoms with Crippen LogP contribution in [0, 0.1) is 0 Å². The number of carbonyl (C=O) groups is 2. The Bertz CT molecular complexity index is 477. The van der Waals surface area contributed by atoms with Crippen LogP contribution in [0.25, 0.3) is 0 Å². The molecule has 2 atom stereocenters. The number of hydrogen-bond donors (Lipinski definition) is 3. The molecule has 1 fully saturated rings. The Labute approximate surface area is 127 Å². The fourth-order valence-electron chi connectivity index (χ4n) is 2.65. The molecule has 7 heteroatoms. The van der Waals surface area contributed by atoms with Gasteiger partial charge >= 0.3 is 12.0 Å². The zero-order chi connectivity index (χ0) is 15.2. The minimum Gasteiger partial charge on any atom is -0.479 e. The second-order valence-electron chi connectivity index (χ2n) is 5.09. The normalized spacial score (nSPS) is 19.5. The number of rotatable bonds is 6. The summed E-state index contributed by atoms with van der Waals surface area (Å²) < 4.78 is 0. The van der Waals surface area contributed by atoms with Crippen molar-refractivity contribution in [3.05, 3.63) is 22.4 Å². The molecule has 2 rings (SSSR count). The van der Waals surface area contributed by atoms with Crippen molar-refractivity contribution in [2.45, 2.75) is 37.8 Å². The van der Waals surface area contributed by atoms with Gasteiger partial charge in [0.15, 0.2) is 6.04 Å². The monoisotopic (exact) mass is 312 g/mol. The minimum absolute atomic E-state index is 0.0925. The lowest BCUT2D eigenvalue weighted by molar-refractivity contribution is -0.139. The number of amides is 2. The first-order valence-corrected chi connectivity index (χ1v) is 7.95. The third-order valence-electron chi connectivity index (χ3n) is 3.68. The molecular formula is C14H20N2O4S. The summed E-state index contributed by atoms with van der Waals surface area (Å²) in [6, 6.07) is 2.22. The highest BCUT2D eigenvalue weighted by Crippen LogP contribution is 2.24. The number of likely N-dealkylation sites (tertiary alicyclic amines) is 1. The van der Waals surface area contributed by atoms with Crippen molar-refractivity contribution in [1.29, 1.82) is 0 Å². The number of aliphatic hydroxyl groups is 1. The number of carboxylic acids is 1. The minimum atomic E-state index is -1.06. The van der Waals surface area contributed by atoms with Crippen LogP contribution in [0.4, 0.5) is 4.79 Å². The highest BCUT2D eigenvalue weighted by Gasteiger charge is 2.31. The van der Waals surface area contributed by atoms with E-state index in [2.05, 4.69) is 5.32 Å². The molecule has 0 saturated carbocycles. The maximum Gasteiger partial charge on any atom is 0.331 e. The number of nitrogens with zero attached hydrogens (tertiary/aromatic N) is 1. The van der Waals surface area contributed by atoms with Crippen molar-refractivity contribution in [3.63, 3.8) is 0 Å². The fourth-order valence-corrected chi connectivity index (χ4v) is 3.41. The Morgan fingerprint density at radius 1 is 1.52 bits per heavy atom. The summed E-state index contributed by atoms with van der Waals surface area (Å²) in [5.74, 6) is -1.06. The van der Waals surface area contributed by atoms with Gasteiger partial charge in [0.2, 0.25) is 0 Å². The van der Waals surface area contributed by atoms with E-state index >= 15 is 0 Å². The molecule has 21 heavy (non-hydrogen) atoms. The largest absolute Gasteiger partial charge is 0.479 e. The Balaban J connectivity index is 2.00. The van der Waals surface area contributed by atoms with Gasteiger partial charge in [0.25, 0.3) is 0 Å². The maximum atomic E-state index is 12.3. The molecule has 1 aliphatic rings. The van der Waals surface area contributed by atoms with Crippen LogP contribution in [0.1, 0.15) is 36.6 Å². The number of hydrogen-bond acceptors (Lipinski definition) is 4.